The summed E-state index contributed by atoms with van der Waals surface area (Å²) in [7, 11) is 0. The van der Waals surface area contributed by atoms with Gasteiger partial charge in [0, 0.05) is 0 Å². The normalized spacial score (nSPS) is 11.2. The number of hydrogen-bond acceptors (Lipinski definition) is 2. The first-order valence-electron chi connectivity index (χ1n) is 4.80. The minimum atomic E-state index is -0.405. The van der Waals surface area contributed by atoms with E-state index in [1.54, 1.807) is 6.08 Å². The van der Waals surface area contributed by atoms with Crippen LogP contribution in [0.5, 0.6) is 0 Å². The zero-order chi connectivity index (χ0) is 11.1. The summed E-state index contributed by atoms with van der Waals surface area (Å²) in [4.78, 5) is 11.2. The van der Waals surface area contributed by atoms with Crippen LogP contribution in [0.1, 0.15) is 13.8 Å². The molecule has 0 fully saturated rings. The number of rotatable bonds is 4. The van der Waals surface area contributed by atoms with E-state index in [1.165, 1.54) is 3.61 Å². The Morgan fingerprint density at radius 1 is 1.40 bits per heavy atom. The quantitative estimate of drug-likeness (QED) is 0.478. The van der Waals surface area contributed by atoms with Crippen molar-refractivity contribution in [3.63, 3.8) is 0 Å². The van der Waals surface area contributed by atoms with E-state index in [9.17, 15) is 4.79 Å². The molecule has 0 aliphatic carbocycles. The van der Waals surface area contributed by atoms with E-state index in [0.717, 1.165) is 3.62 Å². The molecule has 0 unspecified atom stereocenters. The van der Waals surface area contributed by atoms with Crippen molar-refractivity contribution in [1.82, 2.24) is 0 Å². The zero-order valence-electron chi connectivity index (χ0n) is 8.90. The van der Waals surface area contributed by atoms with Crippen LogP contribution in [0.3, 0.4) is 0 Å². The Kier molecular flexibility index (Phi) is 5.45. The molecule has 0 spiro atoms. The van der Waals surface area contributed by atoms with Crippen molar-refractivity contribution in [2.24, 2.45) is 0 Å². The van der Waals surface area contributed by atoms with Gasteiger partial charge in [-0.2, -0.15) is 0 Å². The molecule has 0 bridgehead atoms. The predicted molar refractivity (Wildman–Crippen MR) is 62.2 cm³/mol. The van der Waals surface area contributed by atoms with Gasteiger partial charge in [0.05, 0.1) is 0 Å². The SMILES string of the molecule is CCOC(=O)/C=C(/C)[Te]c1ccccc1. The summed E-state index contributed by atoms with van der Waals surface area (Å²) in [5, 5.41) is 0. The monoisotopic (exact) mass is 320 g/mol. The van der Waals surface area contributed by atoms with Crippen molar-refractivity contribution in [2.45, 2.75) is 13.8 Å². The number of ether oxygens (including phenoxy) is 1. The summed E-state index contributed by atoms with van der Waals surface area (Å²) < 4.78 is 7.33. The molecule has 0 saturated heterocycles. The van der Waals surface area contributed by atoms with Crippen LogP contribution in [-0.4, -0.2) is 33.5 Å². The van der Waals surface area contributed by atoms with Crippen molar-refractivity contribution in [2.75, 3.05) is 6.61 Å². The van der Waals surface area contributed by atoms with Crippen LogP contribution in [-0.2, 0) is 9.53 Å². The number of allylic oxidation sites excluding steroid dienone is 1. The summed E-state index contributed by atoms with van der Waals surface area (Å²) in [6.07, 6.45) is 1.61. The van der Waals surface area contributed by atoms with Gasteiger partial charge in [0.1, 0.15) is 0 Å². The summed E-state index contributed by atoms with van der Waals surface area (Å²) >= 11 is -0.405. The van der Waals surface area contributed by atoms with Crippen LogP contribution in [0, 0.1) is 0 Å². The van der Waals surface area contributed by atoms with Gasteiger partial charge in [-0.3, -0.25) is 0 Å². The molecule has 15 heavy (non-hydrogen) atoms. The van der Waals surface area contributed by atoms with E-state index >= 15 is 0 Å². The molecule has 3 heteroatoms. The third-order valence-corrected chi connectivity index (χ3v) is 4.33. The third kappa shape index (κ3) is 5.01. The van der Waals surface area contributed by atoms with Gasteiger partial charge >= 0.3 is 101 Å². The van der Waals surface area contributed by atoms with Crippen LogP contribution >= 0.6 is 0 Å². The first kappa shape index (κ1) is 12.3. The second kappa shape index (κ2) is 6.66. The van der Waals surface area contributed by atoms with Crippen molar-refractivity contribution in [1.29, 1.82) is 0 Å². The Morgan fingerprint density at radius 3 is 2.67 bits per heavy atom. The van der Waals surface area contributed by atoms with Crippen LogP contribution in [0.15, 0.2) is 40.0 Å². The first-order valence-corrected chi connectivity index (χ1v) is 7.13. The molecule has 1 rings (SSSR count). The Morgan fingerprint density at radius 2 is 2.07 bits per heavy atom. The summed E-state index contributed by atoms with van der Waals surface area (Å²) in [6, 6.07) is 10.3. The van der Waals surface area contributed by atoms with Crippen LogP contribution in [0.4, 0.5) is 0 Å². The number of benzene rings is 1. The first-order chi connectivity index (χ1) is 7.22. The number of carbonyl (C=O) groups excluding carboxylic acids is 1. The average molecular weight is 318 g/mol. The summed E-state index contributed by atoms with van der Waals surface area (Å²) in [6.45, 7) is 4.25. The van der Waals surface area contributed by atoms with Gasteiger partial charge in [-0.25, -0.2) is 0 Å². The van der Waals surface area contributed by atoms with Gasteiger partial charge in [-0.1, -0.05) is 0 Å². The van der Waals surface area contributed by atoms with Gasteiger partial charge in [0.25, 0.3) is 0 Å². The van der Waals surface area contributed by atoms with Gasteiger partial charge < -0.3 is 0 Å². The molecule has 0 aliphatic rings. The van der Waals surface area contributed by atoms with Gasteiger partial charge in [-0.05, 0) is 0 Å². The number of esters is 1. The Balaban J connectivity index is 2.55. The molecule has 0 aliphatic heterocycles. The number of carbonyl (C=O) groups is 1. The van der Waals surface area contributed by atoms with E-state index in [-0.39, 0.29) is 5.97 Å². The van der Waals surface area contributed by atoms with E-state index < -0.39 is 20.9 Å². The zero-order valence-corrected chi connectivity index (χ0v) is 11.2. The fourth-order valence-electron chi connectivity index (χ4n) is 1.05. The molecule has 0 N–H and O–H groups in total. The fraction of sp³-hybridized carbons (Fsp3) is 0.250. The molecule has 0 atom stereocenters. The standard InChI is InChI=1S/C12H14O2Te/c1-3-14-12(13)9-10(2)15-11-7-5-4-6-8-11/h4-9H,3H2,1-2H3/b10-9-. The van der Waals surface area contributed by atoms with E-state index in [1.807, 2.05) is 32.0 Å². The maximum absolute atomic E-state index is 11.2. The average Bonchev–Trinajstić information content (AvgIpc) is 2.19. The second-order valence-corrected chi connectivity index (χ2v) is 6.69. The van der Waals surface area contributed by atoms with Crippen LogP contribution < -0.4 is 3.61 Å². The van der Waals surface area contributed by atoms with E-state index in [4.69, 9.17) is 4.74 Å². The molecular formula is C12H14O2Te. The van der Waals surface area contributed by atoms with Gasteiger partial charge in [0.2, 0.25) is 0 Å². The van der Waals surface area contributed by atoms with Gasteiger partial charge in [0.15, 0.2) is 0 Å². The van der Waals surface area contributed by atoms with Crippen molar-refractivity contribution >= 4 is 30.5 Å². The molecular weight excluding hydrogens is 304 g/mol. The molecule has 2 nitrogen and oxygen atoms in total. The Hall–Kier alpha value is -0.780. The fourth-order valence-corrected chi connectivity index (χ4v) is 3.39. The Bertz CT molecular complexity index is 344. The molecule has 0 amide bonds. The van der Waals surface area contributed by atoms with Gasteiger partial charge in [-0.15, -0.1) is 0 Å². The summed E-state index contributed by atoms with van der Waals surface area (Å²) in [5.74, 6) is -0.226. The third-order valence-electron chi connectivity index (χ3n) is 1.63. The molecule has 0 aromatic heterocycles. The Labute approximate surface area is 100 Å². The molecule has 1 aromatic rings. The topological polar surface area (TPSA) is 26.3 Å². The van der Waals surface area contributed by atoms with Crippen LogP contribution in [0.2, 0.25) is 0 Å². The predicted octanol–water partition coefficient (Wildman–Crippen LogP) is 1.48. The maximum atomic E-state index is 11.2. The van der Waals surface area contributed by atoms with E-state index in [0.29, 0.717) is 6.61 Å². The molecule has 0 radical (unpaired) electrons. The molecule has 1 aromatic carbocycles. The molecule has 0 heterocycles. The van der Waals surface area contributed by atoms with Crippen molar-refractivity contribution < 1.29 is 9.53 Å². The van der Waals surface area contributed by atoms with Crippen LogP contribution in [0.25, 0.3) is 0 Å². The molecule has 80 valence electrons. The second-order valence-electron chi connectivity index (χ2n) is 2.92. The van der Waals surface area contributed by atoms with Crippen molar-refractivity contribution in [3.05, 3.63) is 40.0 Å². The summed E-state index contributed by atoms with van der Waals surface area (Å²) in [5.41, 5.74) is 0. The van der Waals surface area contributed by atoms with Crippen molar-refractivity contribution in [3.8, 4) is 0 Å². The van der Waals surface area contributed by atoms with E-state index in [2.05, 4.69) is 12.1 Å². The minimum absolute atomic E-state index is 0.226. The number of hydrogen-bond donors (Lipinski definition) is 0. The molecule has 0 saturated carbocycles.